The molecule has 2 N–H and O–H groups in total. The van der Waals surface area contributed by atoms with Gasteiger partial charge < -0.3 is 20.1 Å². The zero-order valence-corrected chi connectivity index (χ0v) is 15.6. The molecule has 0 fully saturated rings. The molecule has 0 aliphatic rings. The molecule has 3 aromatic rings. The largest absolute Gasteiger partial charge is 0.497 e. The summed E-state index contributed by atoms with van der Waals surface area (Å²) in [6, 6.07) is 15.7. The van der Waals surface area contributed by atoms with Crippen LogP contribution in [0.5, 0.6) is 11.5 Å². The fourth-order valence-electron chi connectivity index (χ4n) is 2.43. The molecular formula is C20H18ClN3O3. The van der Waals surface area contributed by atoms with Crippen LogP contribution < -0.4 is 20.1 Å². The van der Waals surface area contributed by atoms with E-state index in [1.54, 1.807) is 75.0 Å². The summed E-state index contributed by atoms with van der Waals surface area (Å²) in [5.74, 6) is 1.62. The average Bonchev–Trinajstić information content (AvgIpc) is 2.69. The van der Waals surface area contributed by atoms with Crippen LogP contribution in [0.3, 0.4) is 0 Å². The van der Waals surface area contributed by atoms with Crippen molar-refractivity contribution in [1.29, 1.82) is 0 Å². The number of rotatable bonds is 6. The number of carbonyl (C=O) groups is 1. The maximum atomic E-state index is 12.3. The number of hydrogen-bond acceptors (Lipinski definition) is 5. The summed E-state index contributed by atoms with van der Waals surface area (Å²) in [6.07, 6.45) is 1.57. The van der Waals surface area contributed by atoms with Crippen LogP contribution in [0, 0.1) is 0 Å². The van der Waals surface area contributed by atoms with E-state index in [4.69, 9.17) is 21.1 Å². The van der Waals surface area contributed by atoms with Crippen LogP contribution in [0.2, 0.25) is 5.02 Å². The van der Waals surface area contributed by atoms with Crippen LogP contribution in [0.4, 0.5) is 17.2 Å². The maximum Gasteiger partial charge on any atom is 0.255 e. The summed E-state index contributed by atoms with van der Waals surface area (Å²) in [7, 11) is 3.14. The Morgan fingerprint density at radius 1 is 1.04 bits per heavy atom. The fourth-order valence-corrected chi connectivity index (χ4v) is 2.60. The van der Waals surface area contributed by atoms with Gasteiger partial charge in [-0.3, -0.25) is 4.79 Å². The SMILES string of the molecule is COc1cccc(C(=O)Nc2ccc(Nc3cc(Cl)ccc3OC)nc2)c1. The Balaban J connectivity index is 1.70. The highest BCUT2D eigenvalue weighted by atomic mass is 35.5. The van der Waals surface area contributed by atoms with Crippen LogP contribution in [0.25, 0.3) is 0 Å². The minimum Gasteiger partial charge on any atom is -0.497 e. The van der Waals surface area contributed by atoms with E-state index < -0.39 is 0 Å². The van der Waals surface area contributed by atoms with Crippen molar-refractivity contribution >= 4 is 34.7 Å². The lowest BCUT2D eigenvalue weighted by Crippen LogP contribution is -2.12. The summed E-state index contributed by atoms with van der Waals surface area (Å²) in [6.45, 7) is 0. The highest BCUT2D eigenvalue weighted by molar-refractivity contribution is 6.31. The van der Waals surface area contributed by atoms with E-state index in [9.17, 15) is 4.79 Å². The Bertz CT molecular complexity index is 945. The Morgan fingerprint density at radius 3 is 2.59 bits per heavy atom. The molecule has 3 rings (SSSR count). The summed E-state index contributed by atoms with van der Waals surface area (Å²) >= 11 is 6.03. The number of benzene rings is 2. The van der Waals surface area contributed by atoms with E-state index in [1.807, 2.05) is 0 Å². The molecule has 2 aromatic carbocycles. The maximum absolute atomic E-state index is 12.3. The van der Waals surface area contributed by atoms with Crippen LogP contribution in [-0.2, 0) is 0 Å². The highest BCUT2D eigenvalue weighted by Gasteiger charge is 2.09. The summed E-state index contributed by atoms with van der Waals surface area (Å²) in [5.41, 5.74) is 1.78. The van der Waals surface area contributed by atoms with Crippen molar-refractivity contribution in [2.75, 3.05) is 24.9 Å². The average molecular weight is 384 g/mol. The third-order valence-electron chi connectivity index (χ3n) is 3.78. The van der Waals surface area contributed by atoms with Crippen molar-refractivity contribution in [2.45, 2.75) is 0 Å². The van der Waals surface area contributed by atoms with Gasteiger partial charge >= 0.3 is 0 Å². The second-order valence-electron chi connectivity index (χ2n) is 5.59. The van der Waals surface area contributed by atoms with Gasteiger partial charge in [0.2, 0.25) is 0 Å². The van der Waals surface area contributed by atoms with Gasteiger partial charge in [0.1, 0.15) is 17.3 Å². The van der Waals surface area contributed by atoms with E-state index in [1.165, 1.54) is 0 Å². The monoisotopic (exact) mass is 383 g/mol. The second kappa shape index (κ2) is 8.42. The van der Waals surface area contributed by atoms with Gasteiger partial charge in [-0.2, -0.15) is 0 Å². The molecule has 6 nitrogen and oxygen atoms in total. The molecule has 1 amide bonds. The standard InChI is InChI=1S/C20H18ClN3O3/c1-26-16-5-3-4-13(10-16)20(25)23-15-7-9-19(22-12-15)24-17-11-14(21)6-8-18(17)27-2/h3-12H,1-2H3,(H,22,24)(H,23,25). The third kappa shape index (κ3) is 4.68. The molecule has 138 valence electrons. The number of anilines is 3. The number of aromatic nitrogens is 1. The lowest BCUT2D eigenvalue weighted by molar-refractivity contribution is 0.102. The number of amides is 1. The summed E-state index contributed by atoms with van der Waals surface area (Å²) < 4.78 is 10.4. The number of pyridine rings is 1. The fraction of sp³-hybridized carbons (Fsp3) is 0.100. The first-order chi connectivity index (χ1) is 13.1. The third-order valence-corrected chi connectivity index (χ3v) is 4.01. The second-order valence-corrected chi connectivity index (χ2v) is 6.02. The first-order valence-electron chi connectivity index (χ1n) is 8.11. The minimum absolute atomic E-state index is 0.243. The number of nitrogens with one attached hydrogen (secondary N) is 2. The van der Waals surface area contributed by atoms with Crippen molar-refractivity contribution in [3.63, 3.8) is 0 Å². The Morgan fingerprint density at radius 2 is 1.89 bits per heavy atom. The van der Waals surface area contributed by atoms with Gasteiger partial charge in [0.25, 0.3) is 5.91 Å². The highest BCUT2D eigenvalue weighted by Crippen LogP contribution is 2.30. The predicted octanol–water partition coefficient (Wildman–Crippen LogP) is 4.75. The number of nitrogens with zero attached hydrogens (tertiary/aromatic N) is 1. The number of carbonyl (C=O) groups excluding carboxylic acids is 1. The Kier molecular flexibility index (Phi) is 5.78. The van der Waals surface area contributed by atoms with Crippen LogP contribution in [-0.4, -0.2) is 25.1 Å². The van der Waals surface area contributed by atoms with Gasteiger partial charge in [0.05, 0.1) is 31.8 Å². The molecule has 0 unspecified atom stereocenters. The molecule has 7 heteroatoms. The topological polar surface area (TPSA) is 72.5 Å². The molecule has 0 saturated carbocycles. The van der Waals surface area contributed by atoms with Crippen LogP contribution >= 0.6 is 11.6 Å². The van der Waals surface area contributed by atoms with E-state index >= 15 is 0 Å². The van der Waals surface area contributed by atoms with Crippen molar-refractivity contribution in [3.05, 3.63) is 71.4 Å². The molecule has 0 aliphatic heterocycles. The predicted molar refractivity (Wildman–Crippen MR) is 106 cm³/mol. The number of ether oxygens (including phenoxy) is 2. The first kappa shape index (κ1) is 18.5. The number of methoxy groups -OCH3 is 2. The summed E-state index contributed by atoms with van der Waals surface area (Å²) in [5, 5.41) is 6.53. The van der Waals surface area contributed by atoms with Crippen molar-refractivity contribution in [2.24, 2.45) is 0 Å². The Hall–Kier alpha value is -3.25. The summed E-state index contributed by atoms with van der Waals surface area (Å²) in [4.78, 5) is 16.6. The molecular weight excluding hydrogens is 366 g/mol. The number of halogens is 1. The van der Waals surface area contributed by atoms with E-state index in [0.29, 0.717) is 39.3 Å². The molecule has 0 radical (unpaired) electrons. The van der Waals surface area contributed by atoms with Gasteiger partial charge in [-0.25, -0.2) is 4.98 Å². The zero-order chi connectivity index (χ0) is 19.2. The Labute approximate surface area is 162 Å². The van der Waals surface area contributed by atoms with Gasteiger partial charge in [-0.05, 0) is 48.5 Å². The normalized spacial score (nSPS) is 10.2. The van der Waals surface area contributed by atoms with E-state index in [2.05, 4.69) is 15.6 Å². The lowest BCUT2D eigenvalue weighted by Gasteiger charge is -2.11. The quantitative estimate of drug-likeness (QED) is 0.642. The van der Waals surface area contributed by atoms with Crippen molar-refractivity contribution in [3.8, 4) is 11.5 Å². The van der Waals surface area contributed by atoms with Crippen molar-refractivity contribution in [1.82, 2.24) is 4.98 Å². The molecule has 27 heavy (non-hydrogen) atoms. The van der Waals surface area contributed by atoms with Crippen LogP contribution in [0.15, 0.2) is 60.8 Å². The molecule has 0 aliphatic carbocycles. The van der Waals surface area contributed by atoms with Gasteiger partial charge in [0.15, 0.2) is 0 Å². The smallest absolute Gasteiger partial charge is 0.255 e. The minimum atomic E-state index is -0.243. The molecule has 1 aromatic heterocycles. The lowest BCUT2D eigenvalue weighted by atomic mass is 10.2. The van der Waals surface area contributed by atoms with Crippen LogP contribution in [0.1, 0.15) is 10.4 Å². The zero-order valence-electron chi connectivity index (χ0n) is 14.8. The van der Waals surface area contributed by atoms with Gasteiger partial charge in [-0.1, -0.05) is 17.7 Å². The first-order valence-corrected chi connectivity index (χ1v) is 8.49. The van der Waals surface area contributed by atoms with Gasteiger partial charge in [0, 0.05) is 10.6 Å². The van der Waals surface area contributed by atoms with Gasteiger partial charge in [-0.15, -0.1) is 0 Å². The van der Waals surface area contributed by atoms with Crippen molar-refractivity contribution < 1.29 is 14.3 Å². The number of hydrogen-bond donors (Lipinski definition) is 2. The van der Waals surface area contributed by atoms with E-state index in [0.717, 1.165) is 0 Å². The molecule has 0 atom stereocenters. The van der Waals surface area contributed by atoms with E-state index in [-0.39, 0.29) is 5.91 Å². The molecule has 1 heterocycles. The molecule has 0 bridgehead atoms. The molecule has 0 spiro atoms. The molecule has 0 saturated heterocycles.